The molecule has 0 atom stereocenters. The fourth-order valence-corrected chi connectivity index (χ4v) is 5.12. The summed E-state index contributed by atoms with van der Waals surface area (Å²) < 4.78 is 145. The molecule has 42 heavy (non-hydrogen) atoms. The monoisotopic (exact) mass is 612 g/mol. The van der Waals surface area contributed by atoms with E-state index in [-0.39, 0.29) is 36.8 Å². The molecule has 0 aromatic heterocycles. The first-order valence-corrected chi connectivity index (χ1v) is 13.3. The minimum Gasteiger partial charge on any atom is -0.432 e. The van der Waals surface area contributed by atoms with Crippen molar-refractivity contribution in [2.24, 2.45) is 17.8 Å². The molecule has 13 heteroatoms. The maximum atomic E-state index is 14.9. The van der Waals surface area contributed by atoms with E-state index in [1.807, 2.05) is 6.08 Å². The lowest BCUT2D eigenvalue weighted by atomic mass is 9.80. The normalized spacial score (nSPS) is 23.8. The molecule has 0 amide bonds. The Kier molecular flexibility index (Phi) is 9.71. The van der Waals surface area contributed by atoms with Gasteiger partial charge in [-0.1, -0.05) is 6.08 Å². The third-order valence-electron chi connectivity index (χ3n) is 7.39. The summed E-state index contributed by atoms with van der Waals surface area (Å²) in [5.41, 5.74) is -3.17. The molecule has 0 radical (unpaired) electrons. The summed E-state index contributed by atoms with van der Waals surface area (Å²) in [7, 11) is 0. The highest BCUT2D eigenvalue weighted by Crippen LogP contribution is 2.43. The molecule has 0 bridgehead atoms. The molecular formula is C29H29F9O4. The molecule has 4 nitrogen and oxygen atoms in total. The fourth-order valence-electron chi connectivity index (χ4n) is 5.12. The van der Waals surface area contributed by atoms with Crippen molar-refractivity contribution in [1.82, 2.24) is 0 Å². The molecule has 1 aliphatic carbocycles. The summed E-state index contributed by atoms with van der Waals surface area (Å²) in [6.45, 7) is 4.77. The van der Waals surface area contributed by atoms with E-state index >= 15 is 0 Å². The van der Waals surface area contributed by atoms with Gasteiger partial charge in [0.1, 0.15) is 28.7 Å². The first kappa shape index (κ1) is 32.0. The molecule has 2 aromatic carbocycles. The van der Waals surface area contributed by atoms with Gasteiger partial charge in [-0.15, -0.1) is 6.58 Å². The Labute approximate surface area is 236 Å². The van der Waals surface area contributed by atoms with Crippen LogP contribution in [0.4, 0.5) is 39.5 Å². The quantitative estimate of drug-likeness (QED) is 0.199. The number of benzene rings is 2. The molecule has 2 aromatic rings. The van der Waals surface area contributed by atoms with Crippen LogP contribution in [0.3, 0.4) is 0 Å². The standard InChI is InChI=1S/C29H29F9O4/c1-2-3-4-17-15-39-26(40-16-17)18-5-7-19(8-6-18)28(35,36)41-21-11-9-20(10-12-21)29(37,38)42-22-13-23(30)25(24(31)14-22)27(32,33)34/h2,9-14,17-19,26H,1,3-8,15-16H2. The average Bonchev–Trinajstić information content (AvgIpc) is 2.91. The van der Waals surface area contributed by atoms with E-state index in [0.29, 0.717) is 38.2 Å². The number of alkyl halides is 7. The second kappa shape index (κ2) is 12.7. The predicted octanol–water partition coefficient (Wildman–Crippen LogP) is 8.85. The molecule has 2 fully saturated rings. The molecule has 1 aliphatic heterocycles. The Morgan fingerprint density at radius 3 is 1.90 bits per heavy atom. The molecule has 0 spiro atoms. The zero-order valence-electron chi connectivity index (χ0n) is 22.2. The second-order valence-electron chi connectivity index (χ2n) is 10.4. The van der Waals surface area contributed by atoms with Gasteiger partial charge in [0.05, 0.1) is 24.7 Å². The summed E-state index contributed by atoms with van der Waals surface area (Å²) in [6, 6.07) is 3.01. The first-order valence-electron chi connectivity index (χ1n) is 13.3. The summed E-state index contributed by atoms with van der Waals surface area (Å²) in [6.07, 6.45) is -9.02. The molecule has 0 N–H and O–H groups in total. The van der Waals surface area contributed by atoms with E-state index in [1.54, 1.807) is 0 Å². The lowest BCUT2D eigenvalue weighted by molar-refractivity contribution is -0.247. The Morgan fingerprint density at radius 2 is 1.38 bits per heavy atom. The second-order valence-corrected chi connectivity index (χ2v) is 10.4. The predicted molar refractivity (Wildman–Crippen MR) is 132 cm³/mol. The Morgan fingerprint density at radius 1 is 0.810 bits per heavy atom. The van der Waals surface area contributed by atoms with Gasteiger partial charge in [-0.05, 0) is 62.8 Å². The van der Waals surface area contributed by atoms with Gasteiger partial charge in [-0.2, -0.15) is 30.7 Å². The average molecular weight is 613 g/mol. The molecule has 0 unspecified atom stereocenters. The number of hydrogen-bond donors (Lipinski definition) is 0. The van der Waals surface area contributed by atoms with E-state index < -0.39 is 64.9 Å². The van der Waals surface area contributed by atoms with Crippen molar-refractivity contribution in [2.75, 3.05) is 13.2 Å². The van der Waals surface area contributed by atoms with Crippen molar-refractivity contribution in [3.05, 3.63) is 71.8 Å². The molecule has 1 heterocycles. The minimum atomic E-state index is -5.39. The van der Waals surface area contributed by atoms with Crippen LogP contribution in [-0.2, 0) is 21.8 Å². The van der Waals surface area contributed by atoms with Gasteiger partial charge in [0.25, 0.3) is 0 Å². The van der Waals surface area contributed by atoms with Crippen molar-refractivity contribution < 1.29 is 58.5 Å². The van der Waals surface area contributed by atoms with Crippen molar-refractivity contribution >= 4 is 0 Å². The lowest BCUT2D eigenvalue weighted by Gasteiger charge is -2.39. The molecule has 4 rings (SSSR count). The third kappa shape index (κ3) is 7.71. The van der Waals surface area contributed by atoms with E-state index in [1.165, 1.54) is 0 Å². The van der Waals surface area contributed by atoms with E-state index in [0.717, 1.165) is 25.0 Å². The summed E-state index contributed by atoms with van der Waals surface area (Å²) in [4.78, 5) is 0. The number of halogens is 9. The van der Waals surface area contributed by atoms with Crippen LogP contribution >= 0.6 is 0 Å². The first-order chi connectivity index (χ1) is 19.7. The van der Waals surface area contributed by atoms with Crippen molar-refractivity contribution in [1.29, 1.82) is 0 Å². The summed E-state index contributed by atoms with van der Waals surface area (Å²) in [5.74, 6) is -6.81. The van der Waals surface area contributed by atoms with E-state index in [2.05, 4.69) is 11.3 Å². The fraction of sp³-hybridized carbons (Fsp3) is 0.517. The highest BCUT2D eigenvalue weighted by molar-refractivity contribution is 5.34. The van der Waals surface area contributed by atoms with Gasteiger partial charge in [0.15, 0.2) is 6.29 Å². The molecule has 1 saturated carbocycles. The van der Waals surface area contributed by atoms with Crippen LogP contribution in [0.25, 0.3) is 0 Å². The van der Waals surface area contributed by atoms with Crippen LogP contribution in [0.1, 0.15) is 49.7 Å². The Bertz CT molecular complexity index is 1180. The Hall–Kier alpha value is -2.93. The Balaban J connectivity index is 1.31. The third-order valence-corrected chi connectivity index (χ3v) is 7.39. The lowest BCUT2D eigenvalue weighted by Crippen LogP contribution is -2.42. The van der Waals surface area contributed by atoms with E-state index in [4.69, 9.17) is 14.2 Å². The molecule has 1 saturated heterocycles. The largest absolute Gasteiger partial charge is 0.432 e. The van der Waals surface area contributed by atoms with Crippen LogP contribution in [0.5, 0.6) is 11.5 Å². The number of ether oxygens (including phenoxy) is 4. The highest BCUT2D eigenvalue weighted by atomic mass is 19.4. The van der Waals surface area contributed by atoms with Gasteiger partial charge < -0.3 is 18.9 Å². The van der Waals surface area contributed by atoms with Gasteiger partial charge >= 0.3 is 18.4 Å². The molecular weight excluding hydrogens is 583 g/mol. The highest BCUT2D eigenvalue weighted by Gasteiger charge is 2.46. The van der Waals surface area contributed by atoms with E-state index in [9.17, 15) is 39.5 Å². The summed E-state index contributed by atoms with van der Waals surface area (Å²) in [5, 5.41) is 0. The maximum absolute atomic E-state index is 14.9. The topological polar surface area (TPSA) is 36.9 Å². The van der Waals surface area contributed by atoms with Crippen molar-refractivity contribution in [2.45, 2.75) is 63.2 Å². The maximum Gasteiger partial charge on any atom is 0.426 e. The van der Waals surface area contributed by atoms with Crippen LogP contribution in [0, 0.1) is 29.4 Å². The molecule has 2 aliphatic rings. The van der Waals surface area contributed by atoms with Gasteiger partial charge in [-0.3, -0.25) is 0 Å². The number of rotatable bonds is 10. The number of hydrogen-bond acceptors (Lipinski definition) is 4. The SMILES string of the molecule is C=CCCC1COC(C2CCC(C(F)(F)Oc3ccc(C(F)(F)Oc4cc(F)c(C(F)(F)F)c(F)c4)cc3)CC2)OC1. The van der Waals surface area contributed by atoms with Crippen LogP contribution in [-0.4, -0.2) is 25.6 Å². The van der Waals surface area contributed by atoms with Gasteiger partial charge in [0, 0.05) is 24.0 Å². The smallest absolute Gasteiger partial charge is 0.426 e. The zero-order valence-corrected chi connectivity index (χ0v) is 22.2. The summed E-state index contributed by atoms with van der Waals surface area (Å²) >= 11 is 0. The van der Waals surface area contributed by atoms with Crippen molar-refractivity contribution in [3.8, 4) is 11.5 Å². The van der Waals surface area contributed by atoms with Gasteiger partial charge in [0.2, 0.25) is 0 Å². The van der Waals surface area contributed by atoms with Gasteiger partial charge in [-0.25, -0.2) is 8.78 Å². The van der Waals surface area contributed by atoms with Crippen molar-refractivity contribution in [3.63, 3.8) is 0 Å². The minimum absolute atomic E-state index is 0.0276. The zero-order chi connectivity index (χ0) is 30.7. The number of allylic oxidation sites excluding steroid dienone is 1. The van der Waals surface area contributed by atoms with Crippen LogP contribution in [0.15, 0.2) is 49.1 Å². The molecule has 232 valence electrons. The van der Waals surface area contributed by atoms with Crippen LogP contribution in [0.2, 0.25) is 0 Å². The van der Waals surface area contributed by atoms with Crippen LogP contribution < -0.4 is 9.47 Å².